The molecule has 0 aliphatic carbocycles. The van der Waals surface area contributed by atoms with Crippen molar-refractivity contribution in [2.45, 2.75) is 38.0 Å². The summed E-state index contributed by atoms with van der Waals surface area (Å²) in [4.78, 5) is 15.6. The Morgan fingerprint density at radius 1 is 1.14 bits per heavy atom. The van der Waals surface area contributed by atoms with Crippen LogP contribution in [0.3, 0.4) is 0 Å². The highest BCUT2D eigenvalue weighted by molar-refractivity contribution is 7.81. The minimum Gasteiger partial charge on any atom is -0.328 e. The van der Waals surface area contributed by atoms with E-state index in [1.54, 1.807) is 30.9 Å². The number of amides is 1. The van der Waals surface area contributed by atoms with E-state index in [1.807, 2.05) is 19.1 Å². The van der Waals surface area contributed by atoms with Gasteiger partial charge in [-0.3, -0.25) is 9.69 Å². The van der Waals surface area contributed by atoms with Crippen molar-refractivity contribution in [2.75, 3.05) is 9.80 Å². The summed E-state index contributed by atoms with van der Waals surface area (Å²) >= 11 is 4.42. The fourth-order valence-corrected chi connectivity index (χ4v) is 4.07. The lowest BCUT2D eigenvalue weighted by atomic mass is 10.0. The van der Waals surface area contributed by atoms with Gasteiger partial charge in [0.15, 0.2) is 11.3 Å². The lowest BCUT2D eigenvalue weighted by molar-refractivity contribution is -0.140. The Kier molecular flexibility index (Phi) is 5.03. The molecule has 3 rings (SSSR count). The molecule has 0 spiro atoms. The van der Waals surface area contributed by atoms with E-state index < -0.39 is 45.8 Å². The third-order valence-corrected chi connectivity index (χ3v) is 5.37. The van der Waals surface area contributed by atoms with Crippen molar-refractivity contribution >= 4 is 29.9 Å². The molecule has 2 aromatic rings. The van der Waals surface area contributed by atoms with Gasteiger partial charge in [-0.05, 0) is 45.0 Å². The Labute approximate surface area is 170 Å². The maximum atomic E-state index is 14.9. The number of hydrogen-bond donors (Lipinski definition) is 1. The Hall–Kier alpha value is -2.73. The van der Waals surface area contributed by atoms with Crippen LogP contribution in [0.5, 0.6) is 0 Å². The number of nitriles is 1. The average molecular weight is 423 g/mol. The number of nitrogens with zero attached hydrogens (tertiary/aromatic N) is 3. The van der Waals surface area contributed by atoms with Gasteiger partial charge in [-0.25, -0.2) is 4.39 Å². The molecular weight excluding hydrogens is 406 g/mol. The zero-order chi connectivity index (χ0) is 21.7. The summed E-state index contributed by atoms with van der Waals surface area (Å²) < 4.78 is 55.0. The highest BCUT2D eigenvalue weighted by atomic mass is 32.1. The molecule has 0 radical (unpaired) electrons. The van der Waals surface area contributed by atoms with Crippen molar-refractivity contribution in [3.63, 3.8) is 0 Å². The average Bonchev–Trinajstić information content (AvgIpc) is 2.80. The van der Waals surface area contributed by atoms with Crippen LogP contribution in [0.25, 0.3) is 0 Å². The maximum Gasteiger partial charge on any atom is 0.420 e. The lowest BCUT2D eigenvalue weighted by Gasteiger charge is -2.33. The molecule has 1 unspecified atom stereocenters. The molecular formula is C20H17F4N3OS. The smallest absolute Gasteiger partial charge is 0.328 e. The Morgan fingerprint density at radius 3 is 2.24 bits per heavy atom. The molecule has 1 saturated heterocycles. The second-order valence-corrected chi connectivity index (χ2v) is 7.68. The molecule has 0 bridgehead atoms. The van der Waals surface area contributed by atoms with E-state index >= 15 is 0 Å². The van der Waals surface area contributed by atoms with Crippen molar-refractivity contribution in [3.8, 4) is 6.07 Å². The van der Waals surface area contributed by atoms with Gasteiger partial charge in [0.25, 0.3) is 5.91 Å². The number of alkyl halides is 3. The highest BCUT2D eigenvalue weighted by Gasteiger charge is 2.52. The van der Waals surface area contributed by atoms with E-state index in [4.69, 9.17) is 5.26 Å². The third kappa shape index (κ3) is 3.31. The topological polar surface area (TPSA) is 47.3 Å². The van der Waals surface area contributed by atoms with Crippen molar-refractivity contribution < 1.29 is 22.4 Å². The quantitative estimate of drug-likeness (QED) is 0.554. The van der Waals surface area contributed by atoms with E-state index in [0.717, 1.165) is 22.6 Å². The predicted octanol–water partition coefficient (Wildman–Crippen LogP) is 4.87. The van der Waals surface area contributed by atoms with E-state index in [0.29, 0.717) is 5.69 Å². The Balaban J connectivity index is 2.16. The molecule has 0 aromatic heterocycles. The number of thiol groups is 1. The summed E-state index contributed by atoms with van der Waals surface area (Å²) in [6.07, 6.45) is -5.09. The normalized spacial score (nSPS) is 18.9. The Morgan fingerprint density at radius 2 is 1.72 bits per heavy atom. The number of carbonyl (C=O) groups is 1. The molecule has 152 valence electrons. The Bertz CT molecular complexity index is 1010. The molecule has 0 N–H and O–H groups in total. The third-order valence-electron chi connectivity index (χ3n) is 4.90. The summed E-state index contributed by atoms with van der Waals surface area (Å²) in [6, 6.07) is 10.4. The van der Waals surface area contributed by atoms with E-state index in [9.17, 15) is 22.4 Å². The van der Waals surface area contributed by atoms with Crippen LogP contribution < -0.4 is 9.80 Å². The molecule has 0 saturated carbocycles. The van der Waals surface area contributed by atoms with Crippen LogP contribution in [0.4, 0.5) is 28.9 Å². The van der Waals surface area contributed by atoms with Crippen LogP contribution in [-0.2, 0) is 11.0 Å². The minimum atomic E-state index is -5.09. The molecule has 2 aromatic carbocycles. The van der Waals surface area contributed by atoms with Crippen LogP contribution in [-0.4, -0.2) is 16.9 Å². The van der Waals surface area contributed by atoms with Crippen LogP contribution in [0.1, 0.15) is 30.5 Å². The largest absolute Gasteiger partial charge is 0.420 e. The molecule has 1 atom stereocenters. The van der Waals surface area contributed by atoms with Gasteiger partial charge in [-0.15, -0.1) is 12.6 Å². The number of anilines is 2. The number of rotatable bonds is 2. The summed E-state index contributed by atoms with van der Waals surface area (Å²) in [5.74, 6) is -2.29. The van der Waals surface area contributed by atoms with Crippen LogP contribution in [0.2, 0.25) is 0 Å². The number of halogens is 4. The highest BCUT2D eigenvalue weighted by Crippen LogP contribution is 2.43. The first-order chi connectivity index (χ1) is 13.4. The fraction of sp³-hybridized carbons (Fsp3) is 0.300. The first kappa shape index (κ1) is 21.0. The van der Waals surface area contributed by atoms with Crippen LogP contribution in [0, 0.1) is 24.1 Å². The first-order valence-corrected chi connectivity index (χ1v) is 9.10. The van der Waals surface area contributed by atoms with E-state index in [2.05, 4.69) is 12.6 Å². The molecule has 1 aliphatic heterocycles. The number of carbonyl (C=O) groups excluding carboxylic acids is 1. The number of benzene rings is 2. The van der Waals surface area contributed by atoms with Crippen molar-refractivity contribution in [3.05, 3.63) is 58.9 Å². The molecule has 1 aliphatic rings. The summed E-state index contributed by atoms with van der Waals surface area (Å²) in [6.45, 7) is 5.06. The van der Waals surface area contributed by atoms with Crippen LogP contribution >= 0.6 is 12.6 Å². The van der Waals surface area contributed by atoms with Gasteiger partial charge < -0.3 is 4.90 Å². The number of aryl methyl sites for hydroxylation is 1. The summed E-state index contributed by atoms with van der Waals surface area (Å²) in [7, 11) is 0. The maximum absolute atomic E-state index is 14.9. The van der Waals surface area contributed by atoms with Gasteiger partial charge in [-0.1, -0.05) is 17.7 Å². The SMILES string of the molecule is Cc1ccc(N2C(S)N(c3ccc(C#N)c(C(F)(F)F)c3F)C(=O)C2(C)C)cc1. The zero-order valence-electron chi connectivity index (χ0n) is 15.8. The van der Waals surface area contributed by atoms with Crippen molar-refractivity contribution in [2.24, 2.45) is 0 Å². The van der Waals surface area contributed by atoms with Crippen molar-refractivity contribution in [1.29, 1.82) is 5.26 Å². The summed E-state index contributed by atoms with van der Waals surface area (Å²) in [5.41, 5.74) is -3.78. The second kappa shape index (κ2) is 6.95. The minimum absolute atomic E-state index is 0.580. The lowest BCUT2D eigenvalue weighted by Crippen LogP contribution is -2.44. The van der Waals surface area contributed by atoms with Gasteiger partial charge in [0.2, 0.25) is 0 Å². The van der Waals surface area contributed by atoms with Gasteiger partial charge >= 0.3 is 6.18 Å². The second-order valence-electron chi connectivity index (χ2n) is 7.22. The fourth-order valence-electron chi connectivity index (χ4n) is 3.42. The molecule has 9 heteroatoms. The molecule has 1 amide bonds. The monoisotopic (exact) mass is 423 g/mol. The van der Waals surface area contributed by atoms with Gasteiger partial charge in [-0.2, -0.15) is 18.4 Å². The standard InChI is InChI=1S/C20H17F4N3OS/c1-11-4-7-13(8-5-11)27-18(29)26(17(28)19(27,2)3)14-9-6-12(10-25)15(16(14)21)20(22,23)24/h4-9,18,29H,1-3H3. The first-order valence-electron chi connectivity index (χ1n) is 8.58. The predicted molar refractivity (Wildman–Crippen MR) is 104 cm³/mol. The van der Waals surface area contributed by atoms with E-state index in [-0.39, 0.29) is 0 Å². The van der Waals surface area contributed by atoms with Crippen LogP contribution in [0.15, 0.2) is 36.4 Å². The van der Waals surface area contributed by atoms with Gasteiger partial charge in [0.05, 0.1) is 17.3 Å². The van der Waals surface area contributed by atoms with Gasteiger partial charge in [0, 0.05) is 5.69 Å². The zero-order valence-corrected chi connectivity index (χ0v) is 16.6. The summed E-state index contributed by atoms with van der Waals surface area (Å²) in [5, 5.41) is 8.94. The molecule has 1 heterocycles. The molecule has 1 fully saturated rings. The molecule has 29 heavy (non-hydrogen) atoms. The van der Waals surface area contributed by atoms with Crippen molar-refractivity contribution in [1.82, 2.24) is 0 Å². The number of hydrogen-bond acceptors (Lipinski definition) is 4. The van der Waals surface area contributed by atoms with E-state index in [1.165, 1.54) is 6.07 Å². The molecule has 4 nitrogen and oxygen atoms in total. The van der Waals surface area contributed by atoms with Gasteiger partial charge in [0.1, 0.15) is 11.1 Å².